The van der Waals surface area contributed by atoms with E-state index in [1.165, 1.54) is 24.1 Å². The number of piperidine rings is 1. The molecule has 1 aromatic heterocycles. The second-order valence-corrected chi connectivity index (χ2v) is 7.21. The van der Waals surface area contributed by atoms with Crippen LogP contribution >= 0.6 is 0 Å². The van der Waals surface area contributed by atoms with E-state index in [1.807, 2.05) is 12.3 Å². The van der Waals surface area contributed by atoms with Crippen molar-refractivity contribution in [3.05, 3.63) is 29.6 Å². The normalized spacial score (nSPS) is 26.6. The maximum absolute atomic E-state index is 6.55. The fraction of sp³-hybridized carbons (Fsp3) is 0.688. The monoisotopic (exact) mass is 259 g/mol. The second-order valence-electron chi connectivity index (χ2n) is 7.21. The van der Waals surface area contributed by atoms with E-state index in [9.17, 15) is 0 Å². The first-order valence-corrected chi connectivity index (χ1v) is 7.37. The Morgan fingerprint density at radius 3 is 2.58 bits per heavy atom. The van der Waals surface area contributed by atoms with Crippen LogP contribution in [0.3, 0.4) is 0 Å². The summed E-state index contributed by atoms with van der Waals surface area (Å²) in [5, 5.41) is 0. The molecule has 1 aliphatic heterocycles. The molecule has 3 nitrogen and oxygen atoms in total. The zero-order chi connectivity index (χ0) is 13.7. The van der Waals surface area contributed by atoms with Gasteiger partial charge >= 0.3 is 0 Å². The number of hydrogen-bond donors (Lipinski definition) is 1. The van der Waals surface area contributed by atoms with E-state index in [2.05, 4.69) is 36.7 Å². The van der Waals surface area contributed by atoms with Gasteiger partial charge in [0.15, 0.2) is 0 Å². The van der Waals surface area contributed by atoms with Gasteiger partial charge in [0.05, 0.1) is 0 Å². The number of nitrogens with zero attached hydrogens (tertiary/aromatic N) is 2. The Bertz CT molecular complexity index is 467. The summed E-state index contributed by atoms with van der Waals surface area (Å²) in [5.41, 5.74) is 9.61. The first-order chi connectivity index (χ1) is 8.92. The van der Waals surface area contributed by atoms with Gasteiger partial charge in [-0.2, -0.15) is 0 Å². The minimum Gasteiger partial charge on any atom is -0.323 e. The van der Waals surface area contributed by atoms with Crippen LogP contribution in [-0.2, 0) is 6.42 Å². The molecule has 1 aliphatic carbocycles. The minimum atomic E-state index is 0.179. The fourth-order valence-electron chi connectivity index (χ4n) is 3.77. The van der Waals surface area contributed by atoms with Crippen molar-refractivity contribution in [2.24, 2.45) is 11.1 Å². The highest BCUT2D eigenvalue weighted by Crippen LogP contribution is 2.50. The molecule has 2 aliphatic rings. The third-order valence-electron chi connectivity index (χ3n) is 5.15. The minimum absolute atomic E-state index is 0.179. The van der Waals surface area contributed by atoms with Gasteiger partial charge in [-0.1, -0.05) is 6.07 Å². The smallest absolute Gasteiger partial charge is 0.0457 e. The predicted octanol–water partition coefficient (Wildman–Crippen LogP) is 2.52. The molecular weight excluding hydrogens is 234 g/mol. The lowest BCUT2D eigenvalue weighted by Crippen LogP contribution is -2.51. The molecule has 1 aromatic rings. The molecule has 0 aromatic carbocycles. The summed E-state index contributed by atoms with van der Waals surface area (Å²) in [7, 11) is 0. The van der Waals surface area contributed by atoms with Crippen LogP contribution < -0.4 is 5.73 Å². The Labute approximate surface area is 116 Å². The van der Waals surface area contributed by atoms with E-state index >= 15 is 0 Å². The Morgan fingerprint density at radius 2 is 2.00 bits per heavy atom. The van der Waals surface area contributed by atoms with Crippen molar-refractivity contribution >= 4 is 0 Å². The third-order valence-corrected chi connectivity index (χ3v) is 5.15. The average Bonchev–Trinajstić information content (AvgIpc) is 2.63. The average molecular weight is 259 g/mol. The highest BCUT2D eigenvalue weighted by Gasteiger charge is 2.47. The van der Waals surface area contributed by atoms with E-state index in [0.29, 0.717) is 0 Å². The highest BCUT2D eigenvalue weighted by atomic mass is 15.2. The van der Waals surface area contributed by atoms with E-state index in [0.717, 1.165) is 19.5 Å². The van der Waals surface area contributed by atoms with Gasteiger partial charge in [-0.15, -0.1) is 0 Å². The molecule has 0 bridgehead atoms. The van der Waals surface area contributed by atoms with Gasteiger partial charge in [0.1, 0.15) is 0 Å². The maximum atomic E-state index is 6.55. The maximum Gasteiger partial charge on any atom is 0.0457 e. The molecule has 1 saturated heterocycles. The quantitative estimate of drug-likeness (QED) is 0.778. The van der Waals surface area contributed by atoms with Crippen LogP contribution in [0.5, 0.6) is 0 Å². The van der Waals surface area contributed by atoms with Crippen molar-refractivity contribution in [2.45, 2.75) is 51.6 Å². The Morgan fingerprint density at radius 1 is 1.32 bits per heavy atom. The lowest BCUT2D eigenvalue weighted by atomic mass is 9.72. The summed E-state index contributed by atoms with van der Waals surface area (Å²) < 4.78 is 0. The van der Waals surface area contributed by atoms with Gasteiger partial charge in [-0.3, -0.25) is 9.88 Å². The molecule has 0 amide bonds. The summed E-state index contributed by atoms with van der Waals surface area (Å²) in [5.74, 6) is 0. The van der Waals surface area contributed by atoms with E-state index in [1.54, 1.807) is 0 Å². The molecule has 1 atom stereocenters. The Hall–Kier alpha value is -0.930. The summed E-state index contributed by atoms with van der Waals surface area (Å²) >= 11 is 0. The number of aromatic nitrogens is 1. The van der Waals surface area contributed by atoms with Crippen LogP contribution in [0.2, 0.25) is 0 Å². The van der Waals surface area contributed by atoms with Crippen LogP contribution in [0.1, 0.15) is 50.9 Å². The van der Waals surface area contributed by atoms with Crippen molar-refractivity contribution in [2.75, 3.05) is 13.1 Å². The van der Waals surface area contributed by atoms with Gasteiger partial charge in [0, 0.05) is 23.5 Å². The summed E-state index contributed by atoms with van der Waals surface area (Å²) in [6, 6.07) is 4.36. The molecule has 0 saturated carbocycles. The molecule has 3 heteroatoms. The number of pyridine rings is 1. The van der Waals surface area contributed by atoms with Crippen LogP contribution in [0.25, 0.3) is 0 Å². The first kappa shape index (κ1) is 13.1. The number of hydrogen-bond acceptors (Lipinski definition) is 3. The summed E-state index contributed by atoms with van der Waals surface area (Å²) in [6.07, 6.45) is 5.36. The predicted molar refractivity (Wildman–Crippen MR) is 77.9 cm³/mol. The van der Waals surface area contributed by atoms with Crippen LogP contribution in [0, 0.1) is 5.41 Å². The lowest BCUT2D eigenvalue weighted by molar-refractivity contribution is 0.0343. The number of fused-ring (bicyclic) bond motifs is 1. The Balaban J connectivity index is 1.79. The van der Waals surface area contributed by atoms with Crippen LogP contribution in [-0.4, -0.2) is 28.5 Å². The van der Waals surface area contributed by atoms with Crippen molar-refractivity contribution in [1.82, 2.24) is 9.88 Å². The van der Waals surface area contributed by atoms with Gasteiger partial charge in [0.2, 0.25) is 0 Å². The standard InChI is InChI=1S/C16H25N3/c1-15(2,3)19-9-6-16(7-10-19)11-13-12(14(16)17)5-4-8-18-13/h4-5,8,14H,6-7,9-11,17H2,1-3H3. The fourth-order valence-corrected chi connectivity index (χ4v) is 3.77. The van der Waals surface area contributed by atoms with Crippen molar-refractivity contribution < 1.29 is 0 Å². The lowest BCUT2D eigenvalue weighted by Gasteiger charge is -2.46. The van der Waals surface area contributed by atoms with Crippen LogP contribution in [0.4, 0.5) is 0 Å². The van der Waals surface area contributed by atoms with Crippen LogP contribution in [0.15, 0.2) is 18.3 Å². The molecule has 19 heavy (non-hydrogen) atoms. The molecule has 0 radical (unpaired) electrons. The van der Waals surface area contributed by atoms with Gasteiger partial charge in [-0.25, -0.2) is 0 Å². The third kappa shape index (κ3) is 2.09. The molecule has 2 heterocycles. The Kier molecular flexibility index (Phi) is 2.95. The molecule has 1 unspecified atom stereocenters. The number of likely N-dealkylation sites (tertiary alicyclic amines) is 1. The van der Waals surface area contributed by atoms with Gasteiger partial charge in [0.25, 0.3) is 0 Å². The SMILES string of the molecule is CC(C)(C)N1CCC2(CC1)Cc1ncccc1C2N. The first-order valence-electron chi connectivity index (χ1n) is 7.37. The van der Waals surface area contributed by atoms with Crippen molar-refractivity contribution in [1.29, 1.82) is 0 Å². The number of rotatable bonds is 0. The number of nitrogens with two attached hydrogens (primary N) is 1. The zero-order valence-corrected chi connectivity index (χ0v) is 12.3. The highest BCUT2D eigenvalue weighted by molar-refractivity contribution is 5.33. The zero-order valence-electron chi connectivity index (χ0n) is 12.3. The van der Waals surface area contributed by atoms with Crippen molar-refractivity contribution in [3.63, 3.8) is 0 Å². The molecule has 2 N–H and O–H groups in total. The largest absolute Gasteiger partial charge is 0.323 e. The van der Waals surface area contributed by atoms with Crippen molar-refractivity contribution in [3.8, 4) is 0 Å². The van der Waals surface area contributed by atoms with Gasteiger partial charge in [-0.05, 0) is 70.2 Å². The van der Waals surface area contributed by atoms with E-state index < -0.39 is 0 Å². The van der Waals surface area contributed by atoms with E-state index in [4.69, 9.17) is 5.73 Å². The van der Waals surface area contributed by atoms with E-state index in [-0.39, 0.29) is 17.0 Å². The molecule has 1 fully saturated rings. The molecule has 1 spiro atoms. The summed E-state index contributed by atoms with van der Waals surface area (Å²) in [4.78, 5) is 7.12. The summed E-state index contributed by atoms with van der Waals surface area (Å²) in [6.45, 7) is 9.22. The topological polar surface area (TPSA) is 42.2 Å². The second kappa shape index (κ2) is 4.29. The molecular formula is C16H25N3. The van der Waals surface area contributed by atoms with Gasteiger partial charge < -0.3 is 5.73 Å². The molecule has 104 valence electrons. The molecule has 3 rings (SSSR count).